The van der Waals surface area contributed by atoms with Crippen LogP contribution in [0.5, 0.6) is 0 Å². The van der Waals surface area contributed by atoms with Crippen LogP contribution in [0.1, 0.15) is 5.69 Å². The van der Waals surface area contributed by atoms with Crippen LogP contribution in [0.3, 0.4) is 0 Å². The molecule has 1 aromatic heterocycles. The number of hydrogen-bond donors (Lipinski definition) is 0. The van der Waals surface area contributed by atoms with Gasteiger partial charge in [-0.25, -0.2) is 4.98 Å². The molecule has 0 aromatic carbocycles. The number of halogens is 4. The first-order chi connectivity index (χ1) is 6.62. The van der Waals surface area contributed by atoms with Gasteiger partial charge in [0.1, 0.15) is 5.69 Å². The normalized spacial score (nSPS) is 13.0. The Kier molecular flexibility index (Phi) is 2.91. The minimum absolute atomic E-state index is 0.315. The van der Waals surface area contributed by atoms with Gasteiger partial charge in [-0.15, -0.1) is 0 Å². The van der Waals surface area contributed by atoms with Gasteiger partial charge < -0.3 is 0 Å². The van der Waals surface area contributed by atoms with Crippen molar-refractivity contribution in [3.05, 3.63) is 23.8 Å². The van der Waals surface area contributed by atoms with Crippen molar-refractivity contribution in [3.63, 3.8) is 0 Å². The number of alkyl halides is 3. The van der Waals surface area contributed by atoms with E-state index in [9.17, 15) is 17.6 Å². The van der Waals surface area contributed by atoms with Gasteiger partial charge in [0, 0.05) is 0 Å². The minimum atomic E-state index is -4.58. The van der Waals surface area contributed by atoms with Crippen molar-refractivity contribution in [2.24, 2.45) is 0 Å². The van der Waals surface area contributed by atoms with E-state index in [2.05, 4.69) is 4.98 Å². The lowest BCUT2D eigenvalue weighted by atomic mass is 10.3. The summed E-state index contributed by atoms with van der Waals surface area (Å²) in [5.74, 6) is -0.996. The minimum Gasteiger partial charge on any atom is -0.215 e. The summed E-state index contributed by atoms with van der Waals surface area (Å²) >= 11 is 0. The molecule has 1 aromatic rings. The fraction of sp³-hybridized carbons (Fsp3) is 0.444. The largest absolute Gasteiger partial charge is 0.433 e. The molecule has 0 saturated carbocycles. The van der Waals surface area contributed by atoms with Gasteiger partial charge in [0.2, 0.25) is 5.95 Å². The summed E-state index contributed by atoms with van der Waals surface area (Å²) in [6, 6.07) is 2.02. The summed E-state index contributed by atoms with van der Waals surface area (Å²) in [4.78, 5) is 2.95. The van der Waals surface area contributed by atoms with E-state index in [0.717, 1.165) is 6.07 Å². The van der Waals surface area contributed by atoms with Crippen LogP contribution in [0.2, 0.25) is 19.6 Å². The van der Waals surface area contributed by atoms with Crippen LogP contribution in [0.25, 0.3) is 0 Å². The third-order valence-electron chi connectivity index (χ3n) is 1.95. The maximum absolute atomic E-state index is 13.3. The Morgan fingerprint density at radius 1 is 1.13 bits per heavy atom. The quantitative estimate of drug-likeness (QED) is 0.416. The van der Waals surface area contributed by atoms with Crippen LogP contribution in [0.15, 0.2) is 12.1 Å². The second kappa shape index (κ2) is 3.59. The molecule has 1 rings (SSSR count). The molecule has 6 heteroatoms. The zero-order valence-corrected chi connectivity index (χ0v) is 9.61. The van der Waals surface area contributed by atoms with Gasteiger partial charge in [-0.05, 0) is 11.3 Å². The average molecular weight is 237 g/mol. The van der Waals surface area contributed by atoms with Crippen LogP contribution in [0.4, 0.5) is 17.6 Å². The molecule has 0 fully saturated rings. The molecule has 0 unspecified atom stereocenters. The summed E-state index contributed by atoms with van der Waals surface area (Å²) in [6.45, 7) is 5.54. The third kappa shape index (κ3) is 2.77. The lowest BCUT2D eigenvalue weighted by molar-refractivity contribution is -0.141. The molecule has 0 radical (unpaired) electrons. The van der Waals surface area contributed by atoms with Crippen molar-refractivity contribution in [3.8, 4) is 0 Å². The van der Waals surface area contributed by atoms with E-state index >= 15 is 0 Å². The van der Waals surface area contributed by atoms with E-state index < -0.39 is 25.9 Å². The van der Waals surface area contributed by atoms with E-state index in [4.69, 9.17) is 0 Å². The highest BCUT2D eigenvalue weighted by Gasteiger charge is 2.34. The molecule has 1 heterocycles. The highest BCUT2D eigenvalue weighted by Crippen LogP contribution is 2.27. The number of pyridine rings is 1. The van der Waals surface area contributed by atoms with Crippen molar-refractivity contribution >= 4 is 13.3 Å². The molecule has 0 spiro atoms. The summed E-state index contributed by atoms with van der Waals surface area (Å²) in [7, 11) is -1.96. The van der Waals surface area contributed by atoms with Crippen molar-refractivity contribution in [2.75, 3.05) is 0 Å². The standard InChI is InChI=1S/C9H11F4NSi/c1-15(2,3)6-4-5-7(9(11,12)13)14-8(6)10/h4-5H,1-3H3. The van der Waals surface area contributed by atoms with E-state index in [1.165, 1.54) is 6.07 Å². The van der Waals surface area contributed by atoms with Gasteiger partial charge in [-0.2, -0.15) is 17.6 Å². The zero-order chi connectivity index (χ0) is 11.9. The summed E-state index contributed by atoms with van der Waals surface area (Å²) in [5, 5.41) is 0.315. The molecule has 0 aliphatic heterocycles. The molecule has 0 saturated heterocycles. The Morgan fingerprint density at radius 3 is 2.00 bits per heavy atom. The monoisotopic (exact) mass is 237 g/mol. The second-order valence-corrected chi connectivity index (χ2v) is 9.32. The van der Waals surface area contributed by atoms with Crippen LogP contribution < -0.4 is 5.19 Å². The van der Waals surface area contributed by atoms with Crippen LogP contribution in [-0.4, -0.2) is 13.1 Å². The van der Waals surface area contributed by atoms with Crippen molar-refractivity contribution in [1.82, 2.24) is 4.98 Å². The number of hydrogen-bond acceptors (Lipinski definition) is 1. The van der Waals surface area contributed by atoms with E-state index in [-0.39, 0.29) is 0 Å². The molecule has 84 valence electrons. The highest BCUT2D eigenvalue weighted by molar-refractivity contribution is 6.88. The van der Waals surface area contributed by atoms with Crippen molar-refractivity contribution < 1.29 is 17.6 Å². The molecular weight excluding hydrogens is 226 g/mol. The van der Waals surface area contributed by atoms with Gasteiger partial charge in [-0.3, -0.25) is 0 Å². The Balaban J connectivity index is 3.21. The van der Waals surface area contributed by atoms with Gasteiger partial charge in [0.15, 0.2) is 0 Å². The van der Waals surface area contributed by atoms with Gasteiger partial charge in [-0.1, -0.05) is 25.7 Å². The molecule has 0 bridgehead atoms. The smallest absolute Gasteiger partial charge is 0.215 e. The van der Waals surface area contributed by atoms with E-state index in [1.807, 2.05) is 19.6 Å². The molecule has 0 aliphatic carbocycles. The third-order valence-corrected chi connectivity index (χ3v) is 3.94. The molecule has 0 amide bonds. The Labute approximate surface area is 86.2 Å². The second-order valence-electron chi connectivity index (χ2n) is 4.28. The molecule has 15 heavy (non-hydrogen) atoms. The van der Waals surface area contributed by atoms with Crippen LogP contribution in [-0.2, 0) is 6.18 Å². The fourth-order valence-corrected chi connectivity index (χ4v) is 2.41. The molecule has 0 aliphatic rings. The predicted octanol–water partition coefficient (Wildman–Crippen LogP) is 2.78. The maximum atomic E-state index is 13.3. The van der Waals surface area contributed by atoms with Crippen molar-refractivity contribution in [2.45, 2.75) is 25.8 Å². The number of nitrogens with zero attached hydrogens (tertiary/aromatic N) is 1. The summed E-state index contributed by atoms with van der Waals surface area (Å²) in [5.41, 5.74) is -1.18. The first kappa shape index (κ1) is 12.2. The Bertz CT molecular complexity index is 367. The topological polar surface area (TPSA) is 12.9 Å². The molecule has 0 N–H and O–H groups in total. The van der Waals surface area contributed by atoms with E-state index in [1.54, 1.807) is 0 Å². The summed E-state index contributed by atoms with van der Waals surface area (Å²) < 4.78 is 49.8. The SMILES string of the molecule is C[Si](C)(C)c1ccc(C(F)(F)F)nc1F. The highest BCUT2D eigenvalue weighted by atomic mass is 28.3. The lowest BCUT2D eigenvalue weighted by Gasteiger charge is -2.17. The maximum Gasteiger partial charge on any atom is 0.433 e. The first-order valence-electron chi connectivity index (χ1n) is 4.36. The molecule has 1 nitrogen and oxygen atoms in total. The van der Waals surface area contributed by atoms with Gasteiger partial charge >= 0.3 is 6.18 Å². The van der Waals surface area contributed by atoms with Gasteiger partial charge in [0.25, 0.3) is 0 Å². The van der Waals surface area contributed by atoms with Crippen LogP contribution >= 0.6 is 0 Å². The average Bonchev–Trinajstić information content (AvgIpc) is 1.99. The Hall–Kier alpha value is -0.913. The molecular formula is C9H11F4NSi. The van der Waals surface area contributed by atoms with Crippen molar-refractivity contribution in [1.29, 1.82) is 0 Å². The van der Waals surface area contributed by atoms with Crippen LogP contribution in [0, 0.1) is 5.95 Å². The predicted molar refractivity (Wildman–Crippen MR) is 52.2 cm³/mol. The lowest BCUT2D eigenvalue weighted by Crippen LogP contribution is -2.41. The van der Waals surface area contributed by atoms with E-state index in [0.29, 0.717) is 5.19 Å². The number of aromatic nitrogens is 1. The number of rotatable bonds is 1. The first-order valence-corrected chi connectivity index (χ1v) is 7.86. The Morgan fingerprint density at radius 2 is 1.67 bits per heavy atom. The fourth-order valence-electron chi connectivity index (χ4n) is 1.15. The summed E-state index contributed by atoms with van der Waals surface area (Å²) in [6.07, 6.45) is -4.58. The zero-order valence-electron chi connectivity index (χ0n) is 8.61. The van der Waals surface area contributed by atoms with Gasteiger partial charge in [0.05, 0.1) is 8.07 Å². The molecule has 0 atom stereocenters.